The monoisotopic (exact) mass is 293 g/mol. The maximum Gasteiger partial charge on any atom is 0.178 e. The van der Waals surface area contributed by atoms with Crippen molar-refractivity contribution >= 4 is 17.1 Å². The molecule has 1 heterocycles. The molecule has 3 aromatic rings. The zero-order valence-corrected chi connectivity index (χ0v) is 12.5. The molecule has 0 N–H and O–H groups in total. The number of aromatic nitrogens is 1. The van der Waals surface area contributed by atoms with Crippen LogP contribution in [0, 0.1) is 0 Å². The van der Waals surface area contributed by atoms with Crippen molar-refractivity contribution in [1.82, 2.24) is 4.98 Å². The van der Waals surface area contributed by atoms with Gasteiger partial charge in [0.1, 0.15) is 10.7 Å². The van der Waals surface area contributed by atoms with Crippen LogP contribution in [0.15, 0.2) is 66.0 Å². The second-order valence-corrected chi connectivity index (χ2v) is 5.77. The van der Waals surface area contributed by atoms with Gasteiger partial charge in [-0.3, -0.25) is 4.79 Å². The van der Waals surface area contributed by atoms with Gasteiger partial charge in [0, 0.05) is 12.3 Å². The first-order chi connectivity index (χ1) is 10.3. The molecule has 0 bridgehead atoms. The van der Waals surface area contributed by atoms with Gasteiger partial charge in [0.15, 0.2) is 5.78 Å². The van der Waals surface area contributed by atoms with E-state index in [0.29, 0.717) is 5.69 Å². The molecule has 1 aromatic heterocycles. The largest absolute Gasteiger partial charge is 0.293 e. The number of nitrogens with zero attached hydrogens (tertiary/aromatic N) is 1. The lowest BCUT2D eigenvalue weighted by Crippen LogP contribution is -2.03. The Balaban J connectivity index is 2.10. The van der Waals surface area contributed by atoms with Gasteiger partial charge >= 0.3 is 0 Å². The van der Waals surface area contributed by atoms with Crippen molar-refractivity contribution in [2.75, 3.05) is 0 Å². The highest BCUT2D eigenvalue weighted by Crippen LogP contribution is 2.33. The summed E-state index contributed by atoms with van der Waals surface area (Å²) in [4.78, 5) is 16.0. The highest BCUT2D eigenvalue weighted by Gasteiger charge is 2.20. The Morgan fingerprint density at radius 2 is 1.48 bits per heavy atom. The summed E-state index contributed by atoms with van der Waals surface area (Å²) in [6.45, 7) is 1.55. The molecule has 0 fully saturated rings. The number of hydrogen-bond donors (Lipinski definition) is 0. The molecule has 3 rings (SSSR count). The molecule has 0 unspecified atom stereocenters. The van der Waals surface area contributed by atoms with Crippen molar-refractivity contribution in [1.29, 1.82) is 0 Å². The molecule has 0 spiro atoms. The summed E-state index contributed by atoms with van der Waals surface area (Å²) in [5.41, 5.74) is 2.92. The molecule has 104 valence electrons. The van der Waals surface area contributed by atoms with Crippen LogP contribution in [0.4, 0.5) is 0 Å². The summed E-state index contributed by atoms with van der Waals surface area (Å²) in [7, 11) is 0. The highest BCUT2D eigenvalue weighted by atomic mass is 32.1. The van der Waals surface area contributed by atoms with Gasteiger partial charge in [-0.25, -0.2) is 4.98 Å². The third kappa shape index (κ3) is 2.93. The third-order valence-electron chi connectivity index (χ3n) is 3.40. The number of Topliss-reactive ketones (excluding diaryl/α,β-unsaturated/α-hetero) is 1. The highest BCUT2D eigenvalue weighted by molar-refractivity contribution is 7.10. The van der Waals surface area contributed by atoms with E-state index in [1.165, 1.54) is 11.1 Å². The molecule has 0 amide bonds. The van der Waals surface area contributed by atoms with Crippen molar-refractivity contribution in [3.63, 3.8) is 0 Å². The summed E-state index contributed by atoms with van der Waals surface area (Å²) in [5.74, 6) is 0.0860. The van der Waals surface area contributed by atoms with Gasteiger partial charge in [-0.15, -0.1) is 11.3 Å². The van der Waals surface area contributed by atoms with E-state index in [2.05, 4.69) is 29.2 Å². The Kier molecular flexibility index (Phi) is 3.93. The van der Waals surface area contributed by atoms with Gasteiger partial charge in [0.2, 0.25) is 0 Å². The molecule has 0 saturated carbocycles. The smallest absolute Gasteiger partial charge is 0.178 e. The molecule has 0 aliphatic carbocycles. The van der Waals surface area contributed by atoms with Gasteiger partial charge in [0.05, 0.1) is 5.92 Å². The predicted octanol–water partition coefficient (Wildman–Crippen LogP) is 4.53. The van der Waals surface area contributed by atoms with Crippen LogP contribution < -0.4 is 0 Å². The van der Waals surface area contributed by atoms with Crippen molar-refractivity contribution in [3.05, 3.63) is 87.9 Å². The fourth-order valence-corrected chi connectivity index (χ4v) is 3.36. The molecule has 21 heavy (non-hydrogen) atoms. The number of hydrogen-bond acceptors (Lipinski definition) is 3. The molecule has 0 radical (unpaired) electrons. The summed E-state index contributed by atoms with van der Waals surface area (Å²) in [5, 5.41) is 2.80. The molecule has 0 aliphatic rings. The fourth-order valence-electron chi connectivity index (χ4n) is 2.35. The number of thiazole rings is 1. The molecule has 0 aliphatic heterocycles. The van der Waals surface area contributed by atoms with Crippen molar-refractivity contribution < 1.29 is 4.79 Å². The first-order valence-electron chi connectivity index (χ1n) is 6.82. The predicted molar refractivity (Wildman–Crippen MR) is 85.9 cm³/mol. The molecule has 2 nitrogen and oxygen atoms in total. The van der Waals surface area contributed by atoms with Crippen molar-refractivity contribution in [3.8, 4) is 0 Å². The molecular formula is C18H15NOS. The first kappa shape index (κ1) is 13.7. The van der Waals surface area contributed by atoms with Gasteiger partial charge in [-0.05, 0) is 11.1 Å². The van der Waals surface area contributed by atoms with E-state index < -0.39 is 0 Å². The van der Waals surface area contributed by atoms with Crippen LogP contribution in [-0.2, 0) is 0 Å². The molecule has 3 heteroatoms. The van der Waals surface area contributed by atoms with E-state index >= 15 is 0 Å². The van der Waals surface area contributed by atoms with E-state index in [4.69, 9.17) is 0 Å². The number of ketones is 1. The Morgan fingerprint density at radius 1 is 0.952 bits per heavy atom. The average Bonchev–Trinajstić information content (AvgIpc) is 3.00. The Morgan fingerprint density at radius 3 is 1.90 bits per heavy atom. The quantitative estimate of drug-likeness (QED) is 0.662. The standard InChI is InChI=1S/C18H15NOS/c1-13(20)16-12-21-18(19-16)17(14-8-4-2-5-9-14)15-10-6-3-7-11-15/h2-12,17H,1H3. The van der Waals surface area contributed by atoms with Crippen molar-refractivity contribution in [2.45, 2.75) is 12.8 Å². The fraction of sp³-hybridized carbons (Fsp3) is 0.111. The van der Waals surface area contributed by atoms with Gasteiger partial charge in [-0.2, -0.15) is 0 Å². The average molecular weight is 293 g/mol. The van der Waals surface area contributed by atoms with Crippen LogP contribution in [0.2, 0.25) is 0 Å². The van der Waals surface area contributed by atoms with Gasteiger partial charge in [-0.1, -0.05) is 60.7 Å². The molecule has 0 atom stereocenters. The maximum atomic E-state index is 11.5. The molecule has 0 saturated heterocycles. The Hall–Kier alpha value is -2.26. The van der Waals surface area contributed by atoms with Crippen LogP contribution in [0.3, 0.4) is 0 Å². The second kappa shape index (κ2) is 6.02. The summed E-state index contributed by atoms with van der Waals surface area (Å²) >= 11 is 1.54. The topological polar surface area (TPSA) is 30.0 Å². The number of carbonyl (C=O) groups is 1. The minimum Gasteiger partial charge on any atom is -0.293 e. The Bertz CT molecular complexity index is 695. The number of rotatable bonds is 4. The zero-order chi connectivity index (χ0) is 14.7. The van der Waals surface area contributed by atoms with Gasteiger partial charge < -0.3 is 0 Å². The summed E-state index contributed by atoms with van der Waals surface area (Å²) in [6, 6.07) is 20.6. The lowest BCUT2D eigenvalue weighted by molar-refractivity contribution is 0.101. The summed E-state index contributed by atoms with van der Waals surface area (Å²) in [6.07, 6.45) is 0. The third-order valence-corrected chi connectivity index (χ3v) is 4.31. The van der Waals surface area contributed by atoms with Crippen LogP contribution in [0.1, 0.15) is 39.5 Å². The zero-order valence-electron chi connectivity index (χ0n) is 11.7. The summed E-state index contributed by atoms with van der Waals surface area (Å²) < 4.78 is 0. The van der Waals surface area contributed by atoms with E-state index in [0.717, 1.165) is 5.01 Å². The van der Waals surface area contributed by atoms with E-state index in [1.54, 1.807) is 18.3 Å². The SMILES string of the molecule is CC(=O)c1csc(C(c2ccccc2)c2ccccc2)n1. The minimum atomic E-state index is 0.0115. The minimum absolute atomic E-state index is 0.0115. The van der Waals surface area contributed by atoms with Crippen LogP contribution in [-0.4, -0.2) is 10.8 Å². The molecular weight excluding hydrogens is 278 g/mol. The van der Waals surface area contributed by atoms with Crippen molar-refractivity contribution in [2.24, 2.45) is 0 Å². The van der Waals surface area contributed by atoms with Crippen LogP contribution >= 0.6 is 11.3 Å². The number of carbonyl (C=O) groups excluding carboxylic acids is 1. The molecule has 2 aromatic carbocycles. The lowest BCUT2D eigenvalue weighted by atomic mass is 9.92. The van der Waals surface area contributed by atoms with Crippen LogP contribution in [0.5, 0.6) is 0 Å². The Labute approximate surface area is 128 Å². The van der Waals surface area contributed by atoms with E-state index in [-0.39, 0.29) is 11.7 Å². The maximum absolute atomic E-state index is 11.5. The van der Waals surface area contributed by atoms with E-state index in [9.17, 15) is 4.79 Å². The second-order valence-electron chi connectivity index (χ2n) is 4.88. The first-order valence-corrected chi connectivity index (χ1v) is 7.70. The van der Waals surface area contributed by atoms with E-state index in [1.807, 2.05) is 41.8 Å². The normalized spacial score (nSPS) is 10.8. The lowest BCUT2D eigenvalue weighted by Gasteiger charge is -2.15. The van der Waals surface area contributed by atoms with Gasteiger partial charge in [0.25, 0.3) is 0 Å². The van der Waals surface area contributed by atoms with Crippen LogP contribution in [0.25, 0.3) is 0 Å². The number of benzene rings is 2.